The van der Waals surface area contributed by atoms with Gasteiger partial charge in [0.2, 0.25) is 11.8 Å². The molecule has 0 aromatic heterocycles. The third-order valence-corrected chi connectivity index (χ3v) is 3.32. The van der Waals surface area contributed by atoms with Crippen LogP contribution in [0, 0.1) is 11.3 Å². The van der Waals surface area contributed by atoms with Crippen molar-refractivity contribution in [2.45, 2.75) is 40.2 Å². The molecule has 0 aliphatic carbocycles. The molecule has 1 aliphatic heterocycles. The van der Waals surface area contributed by atoms with Crippen molar-refractivity contribution in [2.75, 3.05) is 26.8 Å². The van der Waals surface area contributed by atoms with Crippen LogP contribution in [0.25, 0.3) is 0 Å². The second-order valence-electron chi connectivity index (χ2n) is 6.46. The molecule has 2 unspecified atom stereocenters. The van der Waals surface area contributed by atoms with E-state index in [9.17, 15) is 9.59 Å². The fourth-order valence-corrected chi connectivity index (χ4v) is 2.31. The van der Waals surface area contributed by atoms with Crippen LogP contribution >= 0.6 is 0 Å². The molecule has 0 spiro atoms. The van der Waals surface area contributed by atoms with Crippen LogP contribution in [-0.4, -0.2) is 49.6 Å². The fraction of sp³-hybridized carbons (Fsp3) is 0.857. The zero-order valence-electron chi connectivity index (χ0n) is 12.7. The highest BCUT2D eigenvalue weighted by Gasteiger charge is 2.37. The first-order chi connectivity index (χ1) is 8.75. The number of hydrogen-bond donors (Lipinski definition) is 1. The summed E-state index contributed by atoms with van der Waals surface area (Å²) < 4.78 is 5.11. The second-order valence-corrected chi connectivity index (χ2v) is 6.46. The van der Waals surface area contributed by atoms with Gasteiger partial charge in [-0.3, -0.25) is 9.59 Å². The Kier molecular flexibility index (Phi) is 5.35. The third-order valence-electron chi connectivity index (χ3n) is 3.32. The van der Waals surface area contributed by atoms with Gasteiger partial charge in [0.05, 0.1) is 6.61 Å². The number of ether oxygens (including phenoxy) is 1. The Balaban J connectivity index is 2.81. The summed E-state index contributed by atoms with van der Waals surface area (Å²) in [5.41, 5.74) is -0.278. The van der Waals surface area contributed by atoms with E-state index in [0.29, 0.717) is 26.1 Å². The molecule has 2 atom stereocenters. The number of nitrogens with one attached hydrogen (secondary N) is 1. The van der Waals surface area contributed by atoms with Gasteiger partial charge in [-0.25, -0.2) is 0 Å². The maximum Gasteiger partial charge on any atom is 0.245 e. The molecule has 0 saturated carbocycles. The van der Waals surface area contributed by atoms with Gasteiger partial charge in [0, 0.05) is 26.6 Å². The Morgan fingerprint density at radius 2 is 2.05 bits per heavy atom. The predicted octanol–water partition coefficient (Wildman–Crippen LogP) is 1.03. The average Bonchev–Trinajstić information content (AvgIpc) is 2.41. The average molecular weight is 270 g/mol. The zero-order valence-corrected chi connectivity index (χ0v) is 12.7. The normalized spacial score (nSPS) is 23.0. The predicted molar refractivity (Wildman–Crippen MR) is 73.6 cm³/mol. The van der Waals surface area contributed by atoms with Crippen molar-refractivity contribution in [1.82, 2.24) is 10.2 Å². The fourth-order valence-electron chi connectivity index (χ4n) is 2.31. The quantitative estimate of drug-likeness (QED) is 0.830. The standard InChI is InChI=1S/C14H26N2O3/c1-10(9-19-5)8-16-7-6-11(17)15-12(13(16)18)14(2,3)4/h10,12H,6-9H2,1-5H3,(H,15,17). The zero-order chi connectivity index (χ0) is 14.6. The van der Waals surface area contributed by atoms with Crippen molar-refractivity contribution in [3.63, 3.8) is 0 Å². The van der Waals surface area contributed by atoms with Gasteiger partial charge in [-0.2, -0.15) is 0 Å². The van der Waals surface area contributed by atoms with E-state index in [1.807, 2.05) is 27.7 Å². The molecule has 2 amide bonds. The summed E-state index contributed by atoms with van der Waals surface area (Å²) in [7, 11) is 1.66. The first kappa shape index (κ1) is 16.0. The van der Waals surface area contributed by atoms with Gasteiger partial charge < -0.3 is 15.0 Å². The van der Waals surface area contributed by atoms with Crippen LogP contribution in [0.5, 0.6) is 0 Å². The molecule has 5 nitrogen and oxygen atoms in total. The van der Waals surface area contributed by atoms with Crippen LogP contribution in [0.15, 0.2) is 0 Å². The van der Waals surface area contributed by atoms with Gasteiger partial charge >= 0.3 is 0 Å². The lowest BCUT2D eigenvalue weighted by atomic mass is 9.86. The van der Waals surface area contributed by atoms with Crippen molar-refractivity contribution < 1.29 is 14.3 Å². The number of carbonyl (C=O) groups is 2. The van der Waals surface area contributed by atoms with Gasteiger partial charge in [-0.15, -0.1) is 0 Å². The van der Waals surface area contributed by atoms with Crippen LogP contribution < -0.4 is 5.32 Å². The summed E-state index contributed by atoms with van der Waals surface area (Å²) in [6.45, 7) is 9.70. The molecule has 1 heterocycles. The number of hydrogen-bond acceptors (Lipinski definition) is 3. The summed E-state index contributed by atoms with van der Waals surface area (Å²) in [4.78, 5) is 26.1. The van der Waals surface area contributed by atoms with Crippen LogP contribution in [0.1, 0.15) is 34.1 Å². The highest BCUT2D eigenvalue weighted by Crippen LogP contribution is 2.23. The summed E-state index contributed by atoms with van der Waals surface area (Å²) >= 11 is 0. The Morgan fingerprint density at radius 1 is 1.42 bits per heavy atom. The van der Waals surface area contributed by atoms with Gasteiger partial charge in [-0.1, -0.05) is 27.7 Å². The van der Waals surface area contributed by atoms with Crippen molar-refractivity contribution in [3.8, 4) is 0 Å². The maximum atomic E-state index is 12.5. The molecule has 0 aromatic carbocycles. The smallest absolute Gasteiger partial charge is 0.245 e. The van der Waals surface area contributed by atoms with Crippen molar-refractivity contribution in [3.05, 3.63) is 0 Å². The summed E-state index contributed by atoms with van der Waals surface area (Å²) in [5.74, 6) is 0.235. The molecular formula is C14H26N2O3. The van der Waals surface area contributed by atoms with E-state index in [0.717, 1.165) is 0 Å². The largest absolute Gasteiger partial charge is 0.384 e. The molecule has 0 bridgehead atoms. The molecule has 0 aromatic rings. The van der Waals surface area contributed by atoms with E-state index < -0.39 is 6.04 Å². The van der Waals surface area contributed by atoms with E-state index in [4.69, 9.17) is 4.74 Å². The number of carbonyl (C=O) groups excluding carboxylic acids is 2. The molecule has 0 radical (unpaired) electrons. The molecule has 110 valence electrons. The number of amides is 2. The van der Waals surface area contributed by atoms with E-state index in [1.165, 1.54) is 0 Å². The SMILES string of the molecule is COCC(C)CN1CCC(=O)NC(C(C)(C)C)C1=O. The highest BCUT2D eigenvalue weighted by atomic mass is 16.5. The van der Waals surface area contributed by atoms with Crippen molar-refractivity contribution in [2.24, 2.45) is 11.3 Å². The molecular weight excluding hydrogens is 244 g/mol. The van der Waals surface area contributed by atoms with Gasteiger partial charge in [0.1, 0.15) is 6.04 Å². The third kappa shape index (κ3) is 4.49. The van der Waals surface area contributed by atoms with Crippen LogP contribution in [-0.2, 0) is 14.3 Å². The molecule has 1 saturated heterocycles. The highest BCUT2D eigenvalue weighted by molar-refractivity contribution is 5.90. The molecule has 1 N–H and O–H groups in total. The number of rotatable bonds is 4. The Hall–Kier alpha value is -1.10. The minimum Gasteiger partial charge on any atom is -0.384 e. The van der Waals surface area contributed by atoms with Crippen molar-refractivity contribution >= 4 is 11.8 Å². The van der Waals surface area contributed by atoms with Crippen LogP contribution in [0.3, 0.4) is 0 Å². The molecule has 1 aliphatic rings. The minimum atomic E-state index is -0.447. The van der Waals surface area contributed by atoms with Gasteiger partial charge in [0.15, 0.2) is 0 Å². The second kappa shape index (κ2) is 6.37. The Labute approximate surface area is 115 Å². The minimum absolute atomic E-state index is 0.0151. The van der Waals surface area contributed by atoms with Gasteiger partial charge in [0.25, 0.3) is 0 Å². The summed E-state index contributed by atoms with van der Waals surface area (Å²) in [5, 5.41) is 2.84. The summed E-state index contributed by atoms with van der Waals surface area (Å²) in [6.07, 6.45) is 0.373. The maximum absolute atomic E-state index is 12.5. The number of methoxy groups -OCH3 is 1. The topological polar surface area (TPSA) is 58.6 Å². The molecule has 1 rings (SSSR count). The van der Waals surface area contributed by atoms with E-state index in [2.05, 4.69) is 5.32 Å². The van der Waals surface area contributed by atoms with Crippen LogP contribution in [0.2, 0.25) is 0 Å². The van der Waals surface area contributed by atoms with E-state index in [-0.39, 0.29) is 23.1 Å². The molecule has 19 heavy (non-hydrogen) atoms. The van der Waals surface area contributed by atoms with Crippen molar-refractivity contribution in [1.29, 1.82) is 0 Å². The van der Waals surface area contributed by atoms with E-state index in [1.54, 1.807) is 12.0 Å². The lowest BCUT2D eigenvalue weighted by molar-refractivity contribution is -0.137. The Morgan fingerprint density at radius 3 is 2.58 bits per heavy atom. The Bertz CT molecular complexity index is 336. The molecule has 5 heteroatoms. The van der Waals surface area contributed by atoms with Gasteiger partial charge in [-0.05, 0) is 11.3 Å². The summed E-state index contributed by atoms with van der Waals surface area (Å²) in [6, 6.07) is -0.447. The first-order valence-corrected chi connectivity index (χ1v) is 6.82. The lowest BCUT2D eigenvalue weighted by Crippen LogP contribution is -2.52. The van der Waals surface area contributed by atoms with E-state index >= 15 is 0 Å². The monoisotopic (exact) mass is 270 g/mol. The van der Waals surface area contributed by atoms with Crippen LogP contribution in [0.4, 0.5) is 0 Å². The molecule has 1 fully saturated rings. The number of nitrogens with zero attached hydrogens (tertiary/aromatic N) is 1. The lowest BCUT2D eigenvalue weighted by Gasteiger charge is -2.33. The first-order valence-electron chi connectivity index (χ1n) is 6.82.